The maximum absolute atomic E-state index is 12.0. The van der Waals surface area contributed by atoms with Gasteiger partial charge < -0.3 is 5.32 Å². The monoisotopic (exact) mass is 335 g/mol. The van der Waals surface area contributed by atoms with E-state index in [1.54, 1.807) is 18.2 Å². The summed E-state index contributed by atoms with van der Waals surface area (Å²) in [5, 5.41) is 24.7. The molecule has 1 N–H and O–H groups in total. The van der Waals surface area contributed by atoms with Gasteiger partial charge in [-0.1, -0.05) is 17.7 Å². The van der Waals surface area contributed by atoms with Crippen LogP contribution >= 0.6 is 11.6 Å². The minimum atomic E-state index is -0.755. The number of anilines is 1. The first-order valence-corrected chi connectivity index (χ1v) is 6.72. The number of hydrogen-bond acceptors (Lipinski definition) is 5. The van der Waals surface area contributed by atoms with Crippen LogP contribution in [0.25, 0.3) is 0 Å². The van der Waals surface area contributed by atoms with E-state index in [0.29, 0.717) is 10.7 Å². The van der Waals surface area contributed by atoms with E-state index in [0.717, 1.165) is 12.1 Å². The van der Waals surface area contributed by atoms with Crippen LogP contribution in [0.1, 0.15) is 5.56 Å². The number of non-ortho nitro benzene ring substituents is 1. The zero-order valence-corrected chi connectivity index (χ0v) is 12.3. The second-order valence-electron chi connectivity index (χ2n) is 4.56. The molecule has 0 aliphatic carbocycles. The molecule has 1 amide bonds. The van der Waals surface area contributed by atoms with Crippen LogP contribution in [0, 0.1) is 20.2 Å². The molecular weight excluding hydrogens is 326 g/mol. The number of amides is 1. The zero-order chi connectivity index (χ0) is 17.0. The van der Waals surface area contributed by atoms with E-state index in [9.17, 15) is 25.0 Å². The first kappa shape index (κ1) is 16.4. The van der Waals surface area contributed by atoms with E-state index in [1.165, 1.54) is 12.1 Å². The Bertz CT molecular complexity index is 794. The molecule has 2 aromatic rings. The van der Waals surface area contributed by atoms with Gasteiger partial charge in [0.1, 0.15) is 0 Å². The van der Waals surface area contributed by atoms with Crippen molar-refractivity contribution in [2.24, 2.45) is 0 Å². The number of nitrogens with zero attached hydrogens (tertiary/aromatic N) is 2. The van der Waals surface area contributed by atoms with Gasteiger partial charge in [-0.25, -0.2) is 0 Å². The number of carbonyl (C=O) groups is 1. The molecule has 0 bridgehead atoms. The van der Waals surface area contributed by atoms with Crippen LogP contribution in [0.15, 0.2) is 42.5 Å². The summed E-state index contributed by atoms with van der Waals surface area (Å²) in [7, 11) is 0. The standard InChI is InChI=1S/C14H10ClN3O5/c15-10-2-1-3-11(7-10)16-14(19)6-9-4-5-12(17(20)21)8-13(9)18(22)23/h1-5,7-8H,6H2,(H,16,19). The zero-order valence-electron chi connectivity index (χ0n) is 11.6. The summed E-state index contributed by atoms with van der Waals surface area (Å²) >= 11 is 5.80. The van der Waals surface area contributed by atoms with Crippen molar-refractivity contribution < 1.29 is 14.6 Å². The fraction of sp³-hybridized carbons (Fsp3) is 0.0714. The Morgan fingerprint density at radius 3 is 2.43 bits per heavy atom. The highest BCUT2D eigenvalue weighted by molar-refractivity contribution is 6.30. The van der Waals surface area contributed by atoms with Crippen molar-refractivity contribution in [1.82, 2.24) is 0 Å². The Morgan fingerprint density at radius 1 is 1.09 bits per heavy atom. The molecule has 0 spiro atoms. The lowest BCUT2D eigenvalue weighted by atomic mass is 10.1. The lowest BCUT2D eigenvalue weighted by molar-refractivity contribution is -0.394. The normalized spacial score (nSPS) is 10.1. The number of nitrogens with one attached hydrogen (secondary N) is 1. The molecule has 0 radical (unpaired) electrons. The Morgan fingerprint density at radius 2 is 1.83 bits per heavy atom. The summed E-state index contributed by atoms with van der Waals surface area (Å²) in [5.74, 6) is -0.496. The SMILES string of the molecule is O=C(Cc1ccc([N+](=O)[O-])cc1[N+](=O)[O-])Nc1cccc(Cl)c1. The fourth-order valence-corrected chi connectivity index (χ4v) is 2.12. The molecule has 2 rings (SSSR count). The molecular formula is C14H10ClN3O5. The fourth-order valence-electron chi connectivity index (χ4n) is 1.93. The third-order valence-corrected chi connectivity index (χ3v) is 3.17. The highest BCUT2D eigenvalue weighted by Gasteiger charge is 2.21. The Kier molecular flexibility index (Phi) is 4.87. The third-order valence-electron chi connectivity index (χ3n) is 2.94. The number of nitro groups is 2. The number of nitro benzene ring substituents is 2. The number of carbonyl (C=O) groups excluding carboxylic acids is 1. The summed E-state index contributed by atoms with van der Waals surface area (Å²) in [6.45, 7) is 0. The molecule has 0 aliphatic rings. The Balaban J connectivity index is 2.20. The van der Waals surface area contributed by atoms with Crippen LogP contribution in [0.3, 0.4) is 0 Å². The van der Waals surface area contributed by atoms with Crippen molar-refractivity contribution in [2.45, 2.75) is 6.42 Å². The molecule has 9 heteroatoms. The van der Waals surface area contributed by atoms with Crippen LogP contribution in [-0.4, -0.2) is 15.8 Å². The molecule has 0 aromatic heterocycles. The predicted octanol–water partition coefficient (Wildman–Crippen LogP) is 3.34. The van der Waals surface area contributed by atoms with E-state index in [2.05, 4.69) is 5.32 Å². The summed E-state index contributed by atoms with van der Waals surface area (Å²) < 4.78 is 0. The average Bonchev–Trinajstić information content (AvgIpc) is 2.47. The minimum Gasteiger partial charge on any atom is -0.326 e. The van der Waals surface area contributed by atoms with E-state index in [-0.39, 0.29) is 12.0 Å². The molecule has 0 fully saturated rings. The highest BCUT2D eigenvalue weighted by atomic mass is 35.5. The van der Waals surface area contributed by atoms with E-state index >= 15 is 0 Å². The molecule has 0 saturated carbocycles. The number of halogens is 1. The lowest BCUT2D eigenvalue weighted by Gasteiger charge is -2.06. The second kappa shape index (κ2) is 6.84. The van der Waals surface area contributed by atoms with E-state index in [1.807, 2.05) is 0 Å². The molecule has 0 heterocycles. The Hall–Kier alpha value is -3.00. The van der Waals surface area contributed by atoms with Gasteiger partial charge in [0.05, 0.1) is 22.3 Å². The maximum Gasteiger partial charge on any atom is 0.279 e. The average molecular weight is 336 g/mol. The lowest BCUT2D eigenvalue weighted by Crippen LogP contribution is -2.15. The molecule has 0 saturated heterocycles. The molecule has 2 aromatic carbocycles. The van der Waals surface area contributed by atoms with Gasteiger partial charge >= 0.3 is 0 Å². The van der Waals surface area contributed by atoms with Crippen LogP contribution in [0.4, 0.5) is 17.1 Å². The van der Waals surface area contributed by atoms with Crippen LogP contribution in [0.5, 0.6) is 0 Å². The van der Waals surface area contributed by atoms with E-state index < -0.39 is 27.1 Å². The number of hydrogen-bond donors (Lipinski definition) is 1. The first-order chi connectivity index (χ1) is 10.9. The second-order valence-corrected chi connectivity index (χ2v) is 5.00. The van der Waals surface area contributed by atoms with E-state index in [4.69, 9.17) is 11.6 Å². The largest absolute Gasteiger partial charge is 0.326 e. The summed E-state index contributed by atoms with van der Waals surface area (Å²) in [6.07, 6.45) is -0.291. The number of benzene rings is 2. The predicted molar refractivity (Wildman–Crippen MR) is 83.5 cm³/mol. The maximum atomic E-state index is 12.0. The van der Waals surface area contributed by atoms with Gasteiger partial charge in [-0.05, 0) is 24.3 Å². The van der Waals surface area contributed by atoms with Gasteiger partial charge in [-0.3, -0.25) is 25.0 Å². The van der Waals surface area contributed by atoms with Crippen LogP contribution in [0.2, 0.25) is 5.02 Å². The minimum absolute atomic E-state index is 0.0835. The summed E-state index contributed by atoms with van der Waals surface area (Å²) in [4.78, 5) is 32.2. The van der Waals surface area contributed by atoms with Crippen molar-refractivity contribution in [2.75, 3.05) is 5.32 Å². The van der Waals surface area contributed by atoms with Gasteiger partial charge in [0.2, 0.25) is 5.91 Å². The molecule has 8 nitrogen and oxygen atoms in total. The summed E-state index contributed by atoms with van der Waals surface area (Å²) in [6, 6.07) is 9.59. The quantitative estimate of drug-likeness (QED) is 0.664. The van der Waals surface area contributed by atoms with Crippen molar-refractivity contribution >= 4 is 34.6 Å². The summed E-state index contributed by atoms with van der Waals surface area (Å²) in [5.41, 5.74) is -0.344. The molecule has 0 unspecified atom stereocenters. The molecule has 0 aliphatic heterocycles. The first-order valence-electron chi connectivity index (χ1n) is 6.34. The van der Waals surface area contributed by atoms with Gasteiger partial charge in [0.25, 0.3) is 11.4 Å². The van der Waals surface area contributed by atoms with Crippen LogP contribution < -0.4 is 5.32 Å². The van der Waals surface area contributed by atoms with Crippen molar-refractivity contribution in [3.05, 3.63) is 73.3 Å². The smallest absolute Gasteiger partial charge is 0.279 e. The third kappa shape index (κ3) is 4.24. The van der Waals surface area contributed by atoms with Crippen molar-refractivity contribution in [3.63, 3.8) is 0 Å². The molecule has 0 atom stereocenters. The van der Waals surface area contributed by atoms with Gasteiger partial charge in [0.15, 0.2) is 0 Å². The highest BCUT2D eigenvalue weighted by Crippen LogP contribution is 2.25. The topological polar surface area (TPSA) is 115 Å². The van der Waals surface area contributed by atoms with Crippen LogP contribution in [-0.2, 0) is 11.2 Å². The molecule has 118 valence electrons. The van der Waals surface area contributed by atoms with Gasteiger partial charge in [-0.15, -0.1) is 0 Å². The molecule has 23 heavy (non-hydrogen) atoms. The van der Waals surface area contributed by atoms with Crippen molar-refractivity contribution in [3.8, 4) is 0 Å². The number of rotatable bonds is 5. The Labute approximate surface area is 135 Å². The van der Waals surface area contributed by atoms with Gasteiger partial charge in [0, 0.05) is 22.3 Å². The van der Waals surface area contributed by atoms with Crippen molar-refractivity contribution in [1.29, 1.82) is 0 Å². The van der Waals surface area contributed by atoms with Gasteiger partial charge in [-0.2, -0.15) is 0 Å².